The molecule has 3 nitrogen and oxygen atoms in total. The first-order valence-electron chi connectivity index (χ1n) is 5.51. The van der Waals surface area contributed by atoms with Gasteiger partial charge in [-0.25, -0.2) is 0 Å². The summed E-state index contributed by atoms with van der Waals surface area (Å²) in [5, 5.41) is 8.82. The van der Waals surface area contributed by atoms with Crippen molar-refractivity contribution in [3.8, 4) is 6.07 Å². The van der Waals surface area contributed by atoms with Crippen molar-refractivity contribution in [3.05, 3.63) is 32.7 Å². The number of aromatic nitrogens is 1. The Morgan fingerprint density at radius 2 is 2.31 bits per heavy atom. The van der Waals surface area contributed by atoms with Gasteiger partial charge < -0.3 is 4.57 Å². The first-order chi connectivity index (χ1) is 7.70. The maximum absolute atomic E-state index is 11.8. The van der Waals surface area contributed by atoms with Crippen molar-refractivity contribution in [2.75, 3.05) is 0 Å². The fourth-order valence-corrected chi connectivity index (χ4v) is 2.42. The van der Waals surface area contributed by atoms with Gasteiger partial charge in [-0.3, -0.25) is 4.79 Å². The van der Waals surface area contributed by atoms with Crippen LogP contribution in [0.5, 0.6) is 0 Å². The number of nitriles is 1. The summed E-state index contributed by atoms with van der Waals surface area (Å²) >= 11 is 3.32. The van der Waals surface area contributed by atoms with Crippen LogP contribution in [-0.4, -0.2) is 4.57 Å². The van der Waals surface area contributed by atoms with Crippen molar-refractivity contribution >= 4 is 15.9 Å². The van der Waals surface area contributed by atoms with E-state index in [0.717, 1.165) is 23.4 Å². The molecule has 2 rings (SSSR count). The molecule has 0 spiro atoms. The highest BCUT2D eigenvalue weighted by atomic mass is 79.9. The van der Waals surface area contributed by atoms with Crippen LogP contribution in [0.2, 0.25) is 0 Å². The van der Waals surface area contributed by atoms with Crippen LogP contribution in [0.25, 0.3) is 0 Å². The fourth-order valence-electron chi connectivity index (χ4n) is 1.95. The van der Waals surface area contributed by atoms with Crippen LogP contribution in [0.15, 0.2) is 21.5 Å². The Labute approximate surface area is 103 Å². The van der Waals surface area contributed by atoms with Crippen LogP contribution in [0.3, 0.4) is 0 Å². The SMILES string of the molecule is N#Cc1cc(Br)cn(CCC2CCC2)c1=O. The molecule has 0 amide bonds. The Hall–Kier alpha value is -1.08. The number of hydrogen-bond donors (Lipinski definition) is 0. The Bertz CT molecular complexity index is 483. The highest BCUT2D eigenvalue weighted by Gasteiger charge is 2.17. The van der Waals surface area contributed by atoms with E-state index < -0.39 is 0 Å². The Balaban J connectivity index is 2.16. The van der Waals surface area contributed by atoms with Crippen LogP contribution < -0.4 is 5.56 Å². The largest absolute Gasteiger partial charge is 0.313 e. The lowest BCUT2D eigenvalue weighted by molar-refractivity contribution is 0.281. The summed E-state index contributed by atoms with van der Waals surface area (Å²) in [4.78, 5) is 11.8. The molecule has 0 N–H and O–H groups in total. The van der Waals surface area contributed by atoms with E-state index in [2.05, 4.69) is 15.9 Å². The number of pyridine rings is 1. The first kappa shape index (κ1) is 11.4. The van der Waals surface area contributed by atoms with E-state index in [4.69, 9.17) is 5.26 Å². The standard InChI is InChI=1S/C12H13BrN2O/c13-11-6-10(7-14)12(16)15(8-11)5-4-9-2-1-3-9/h6,8-9H,1-5H2. The number of halogens is 1. The summed E-state index contributed by atoms with van der Waals surface area (Å²) in [7, 11) is 0. The molecule has 0 radical (unpaired) electrons. The smallest absolute Gasteiger partial charge is 0.268 e. The Kier molecular flexibility index (Phi) is 3.45. The maximum atomic E-state index is 11.8. The molecule has 0 aromatic carbocycles. The first-order valence-corrected chi connectivity index (χ1v) is 6.30. The van der Waals surface area contributed by atoms with Crippen LogP contribution in [0.1, 0.15) is 31.2 Å². The quantitative estimate of drug-likeness (QED) is 0.855. The molecule has 0 unspecified atom stereocenters. The number of rotatable bonds is 3. The predicted octanol–water partition coefficient (Wildman–Crippen LogP) is 2.67. The zero-order chi connectivity index (χ0) is 11.5. The molecule has 16 heavy (non-hydrogen) atoms. The summed E-state index contributed by atoms with van der Waals surface area (Å²) in [6.07, 6.45) is 6.70. The summed E-state index contributed by atoms with van der Waals surface area (Å²) in [6, 6.07) is 3.50. The summed E-state index contributed by atoms with van der Waals surface area (Å²) in [5.41, 5.74) is 0.0352. The van der Waals surface area contributed by atoms with Gasteiger partial charge >= 0.3 is 0 Å². The average Bonchev–Trinajstić information content (AvgIpc) is 2.20. The lowest BCUT2D eigenvalue weighted by Crippen LogP contribution is -2.24. The van der Waals surface area contributed by atoms with Gasteiger partial charge in [0, 0.05) is 17.2 Å². The molecule has 1 fully saturated rings. The van der Waals surface area contributed by atoms with Crippen molar-refractivity contribution in [2.45, 2.75) is 32.2 Å². The van der Waals surface area contributed by atoms with Crippen molar-refractivity contribution < 1.29 is 0 Å². The minimum absolute atomic E-state index is 0.176. The molecular formula is C12H13BrN2O. The topological polar surface area (TPSA) is 45.8 Å². The zero-order valence-corrected chi connectivity index (χ0v) is 10.5. The second-order valence-corrected chi connectivity index (χ2v) is 5.18. The van der Waals surface area contributed by atoms with Crippen LogP contribution >= 0.6 is 15.9 Å². The highest BCUT2D eigenvalue weighted by Crippen LogP contribution is 2.29. The van der Waals surface area contributed by atoms with Gasteiger partial charge in [0.05, 0.1) is 0 Å². The Morgan fingerprint density at radius 1 is 1.56 bits per heavy atom. The van der Waals surface area contributed by atoms with Crippen molar-refractivity contribution in [3.63, 3.8) is 0 Å². The minimum atomic E-state index is -0.176. The van der Waals surface area contributed by atoms with Gasteiger partial charge in [0.2, 0.25) is 0 Å². The molecule has 0 saturated heterocycles. The number of hydrogen-bond acceptors (Lipinski definition) is 2. The lowest BCUT2D eigenvalue weighted by atomic mass is 9.83. The normalized spacial score (nSPS) is 15.5. The third kappa shape index (κ3) is 2.35. The van der Waals surface area contributed by atoms with Gasteiger partial charge in [-0.15, -0.1) is 0 Å². The van der Waals surface area contributed by atoms with Gasteiger partial charge in [-0.05, 0) is 34.3 Å². The van der Waals surface area contributed by atoms with Gasteiger partial charge in [-0.1, -0.05) is 19.3 Å². The van der Waals surface area contributed by atoms with E-state index in [1.165, 1.54) is 19.3 Å². The monoisotopic (exact) mass is 280 g/mol. The molecule has 1 aliphatic carbocycles. The van der Waals surface area contributed by atoms with E-state index in [9.17, 15) is 4.79 Å². The van der Waals surface area contributed by atoms with Crippen molar-refractivity contribution in [1.82, 2.24) is 4.57 Å². The third-order valence-electron chi connectivity index (χ3n) is 3.18. The number of aryl methyl sites for hydroxylation is 1. The minimum Gasteiger partial charge on any atom is -0.313 e. The average molecular weight is 281 g/mol. The zero-order valence-electron chi connectivity index (χ0n) is 8.95. The molecule has 1 aromatic heterocycles. The molecular weight excluding hydrogens is 268 g/mol. The third-order valence-corrected chi connectivity index (χ3v) is 3.61. The molecule has 1 aliphatic rings. The summed E-state index contributed by atoms with van der Waals surface area (Å²) in [6.45, 7) is 0.720. The molecule has 0 atom stereocenters. The fraction of sp³-hybridized carbons (Fsp3) is 0.500. The van der Waals surface area contributed by atoms with Crippen LogP contribution in [-0.2, 0) is 6.54 Å². The number of nitrogens with zero attached hydrogens (tertiary/aromatic N) is 2. The van der Waals surface area contributed by atoms with E-state index >= 15 is 0 Å². The van der Waals surface area contributed by atoms with Crippen molar-refractivity contribution in [2.24, 2.45) is 5.92 Å². The van der Waals surface area contributed by atoms with Gasteiger partial charge in [-0.2, -0.15) is 5.26 Å². The molecule has 0 aliphatic heterocycles. The summed E-state index contributed by atoms with van der Waals surface area (Å²) < 4.78 is 2.43. The second kappa shape index (κ2) is 4.84. The summed E-state index contributed by atoms with van der Waals surface area (Å²) in [5.74, 6) is 0.774. The van der Waals surface area contributed by atoms with Gasteiger partial charge in [0.1, 0.15) is 11.6 Å². The maximum Gasteiger partial charge on any atom is 0.268 e. The second-order valence-electron chi connectivity index (χ2n) is 4.27. The van der Waals surface area contributed by atoms with E-state index in [-0.39, 0.29) is 11.1 Å². The van der Waals surface area contributed by atoms with Crippen LogP contribution in [0, 0.1) is 17.2 Å². The van der Waals surface area contributed by atoms with E-state index in [1.807, 2.05) is 6.07 Å². The molecule has 1 aromatic rings. The molecule has 1 heterocycles. The molecule has 1 saturated carbocycles. The van der Waals surface area contributed by atoms with Gasteiger partial charge in [0.25, 0.3) is 5.56 Å². The highest BCUT2D eigenvalue weighted by molar-refractivity contribution is 9.10. The molecule has 0 bridgehead atoms. The lowest BCUT2D eigenvalue weighted by Gasteiger charge is -2.25. The predicted molar refractivity (Wildman–Crippen MR) is 65.1 cm³/mol. The van der Waals surface area contributed by atoms with Crippen LogP contribution in [0.4, 0.5) is 0 Å². The van der Waals surface area contributed by atoms with E-state index in [0.29, 0.717) is 0 Å². The Morgan fingerprint density at radius 3 is 2.88 bits per heavy atom. The molecule has 4 heteroatoms. The molecule has 84 valence electrons. The van der Waals surface area contributed by atoms with Gasteiger partial charge in [0.15, 0.2) is 0 Å². The van der Waals surface area contributed by atoms with E-state index in [1.54, 1.807) is 16.8 Å². The van der Waals surface area contributed by atoms with Crippen molar-refractivity contribution in [1.29, 1.82) is 5.26 Å².